The van der Waals surface area contributed by atoms with Gasteiger partial charge in [0.1, 0.15) is 6.04 Å². The number of carbonyl (C=O) groups is 1. The molecule has 10 heteroatoms. The van der Waals surface area contributed by atoms with Crippen LogP contribution < -0.4 is 9.62 Å². The number of benzene rings is 2. The van der Waals surface area contributed by atoms with Crippen molar-refractivity contribution in [2.24, 2.45) is 0 Å². The van der Waals surface area contributed by atoms with Crippen molar-refractivity contribution in [3.05, 3.63) is 69.8 Å². The molecule has 178 valence electrons. The van der Waals surface area contributed by atoms with Gasteiger partial charge in [-0.2, -0.15) is 0 Å². The van der Waals surface area contributed by atoms with Crippen LogP contribution in [0.2, 0.25) is 0 Å². The Bertz CT molecular complexity index is 1100. The lowest BCUT2D eigenvalue weighted by molar-refractivity contribution is -0.384. The Labute approximate surface area is 194 Å². The summed E-state index contributed by atoms with van der Waals surface area (Å²) in [5.74, 6) is -0.492. The van der Waals surface area contributed by atoms with E-state index in [1.54, 1.807) is 0 Å². The lowest BCUT2D eigenvalue weighted by Crippen LogP contribution is -2.47. The van der Waals surface area contributed by atoms with Crippen LogP contribution in [0.5, 0.6) is 0 Å². The van der Waals surface area contributed by atoms with Crippen LogP contribution in [0.25, 0.3) is 0 Å². The van der Waals surface area contributed by atoms with Gasteiger partial charge in [-0.05, 0) is 50.0 Å². The molecule has 0 aromatic heterocycles. The summed E-state index contributed by atoms with van der Waals surface area (Å²) in [5.41, 5.74) is 1.91. The maximum absolute atomic E-state index is 12.8. The van der Waals surface area contributed by atoms with Crippen molar-refractivity contribution in [3.8, 4) is 0 Å². The summed E-state index contributed by atoms with van der Waals surface area (Å²) in [7, 11) is -3.87. The molecule has 0 bridgehead atoms. The number of amides is 1. The molecule has 0 unspecified atom stereocenters. The van der Waals surface area contributed by atoms with Gasteiger partial charge in [-0.3, -0.25) is 24.1 Å². The number of nitrogens with zero attached hydrogens (tertiary/aromatic N) is 3. The highest BCUT2D eigenvalue weighted by atomic mass is 32.2. The van der Waals surface area contributed by atoms with Crippen LogP contribution >= 0.6 is 0 Å². The van der Waals surface area contributed by atoms with E-state index < -0.39 is 26.9 Å². The molecule has 1 atom stereocenters. The number of non-ortho nitro benzene ring substituents is 1. The predicted octanol–water partition coefficient (Wildman–Crippen LogP) is 3.05. The first-order chi connectivity index (χ1) is 15.6. The Hall–Kier alpha value is -2.98. The van der Waals surface area contributed by atoms with Crippen LogP contribution in [0, 0.1) is 10.1 Å². The van der Waals surface area contributed by atoms with E-state index >= 15 is 0 Å². The molecule has 2 aromatic carbocycles. The molecule has 3 rings (SSSR count). The third kappa shape index (κ3) is 6.75. The monoisotopic (exact) mass is 474 g/mol. The number of nitrogens with one attached hydrogen (secondary N) is 1. The third-order valence-corrected chi connectivity index (χ3v) is 6.94. The first-order valence-corrected chi connectivity index (χ1v) is 12.8. The van der Waals surface area contributed by atoms with Crippen molar-refractivity contribution in [3.63, 3.8) is 0 Å². The topological polar surface area (TPSA) is 113 Å². The number of rotatable bonds is 9. The number of hydrogen-bond donors (Lipinski definition) is 1. The molecule has 0 aliphatic carbocycles. The average molecular weight is 475 g/mol. The summed E-state index contributed by atoms with van der Waals surface area (Å²) >= 11 is 0. The Morgan fingerprint density at radius 1 is 1.12 bits per heavy atom. The quantitative estimate of drug-likeness (QED) is 0.441. The van der Waals surface area contributed by atoms with Crippen molar-refractivity contribution < 1.29 is 18.1 Å². The van der Waals surface area contributed by atoms with Crippen molar-refractivity contribution in [2.75, 3.05) is 23.7 Å². The highest BCUT2D eigenvalue weighted by Gasteiger charge is 2.30. The molecule has 9 nitrogen and oxygen atoms in total. The molecule has 1 fully saturated rings. The number of carbonyl (C=O) groups excluding carboxylic acids is 1. The van der Waals surface area contributed by atoms with Crippen molar-refractivity contribution in [2.45, 2.75) is 45.3 Å². The van der Waals surface area contributed by atoms with Crippen LogP contribution in [0.1, 0.15) is 37.3 Å². The maximum Gasteiger partial charge on any atom is 0.271 e. The number of sulfonamides is 1. The van der Waals surface area contributed by atoms with E-state index in [2.05, 4.69) is 22.3 Å². The highest BCUT2D eigenvalue weighted by Crippen LogP contribution is 2.25. The van der Waals surface area contributed by atoms with E-state index in [1.807, 2.05) is 12.1 Å². The Balaban J connectivity index is 1.69. The molecular formula is C23H30N4O5S. The SMILES string of the molecule is C[C@@H](C(=O)NCc1cccc(CN2CCCCC2)c1)N(c1cccc([N+](=O)[O-])c1)S(C)(=O)=O. The van der Waals surface area contributed by atoms with Crippen LogP contribution in [0.3, 0.4) is 0 Å². The number of likely N-dealkylation sites (tertiary alicyclic amines) is 1. The van der Waals surface area contributed by atoms with Crippen molar-refractivity contribution >= 4 is 27.3 Å². The van der Waals surface area contributed by atoms with Crippen LogP contribution in [-0.2, 0) is 27.9 Å². The molecule has 33 heavy (non-hydrogen) atoms. The number of nitro benzene ring substituents is 1. The summed E-state index contributed by atoms with van der Waals surface area (Å²) in [6, 6.07) is 12.1. The number of nitro groups is 1. The Morgan fingerprint density at radius 2 is 1.79 bits per heavy atom. The fourth-order valence-corrected chi connectivity index (χ4v) is 5.27. The van der Waals surface area contributed by atoms with E-state index in [0.29, 0.717) is 0 Å². The Morgan fingerprint density at radius 3 is 2.45 bits per heavy atom. The summed E-state index contributed by atoms with van der Waals surface area (Å²) < 4.78 is 25.8. The first kappa shape index (κ1) is 24.7. The predicted molar refractivity (Wildman–Crippen MR) is 127 cm³/mol. The van der Waals surface area contributed by atoms with Gasteiger partial charge in [-0.25, -0.2) is 8.42 Å². The fourth-order valence-electron chi connectivity index (χ4n) is 4.10. The van der Waals surface area contributed by atoms with Crippen molar-refractivity contribution in [1.29, 1.82) is 0 Å². The van der Waals surface area contributed by atoms with Crippen molar-refractivity contribution in [1.82, 2.24) is 10.2 Å². The van der Waals surface area contributed by atoms with E-state index in [0.717, 1.165) is 41.8 Å². The molecule has 1 heterocycles. The number of hydrogen-bond acceptors (Lipinski definition) is 6. The minimum atomic E-state index is -3.87. The molecule has 2 aromatic rings. The standard InChI is InChI=1S/C23H30N4O5S/c1-18(26(33(2,31)32)21-10-7-11-22(15-21)27(29)30)23(28)24-16-19-8-6-9-20(14-19)17-25-12-4-3-5-13-25/h6-11,14-15,18H,3-5,12-13,16-17H2,1-2H3,(H,24,28)/t18-/m0/s1. The third-order valence-electron chi connectivity index (χ3n) is 5.70. The van der Waals surface area contributed by atoms with Gasteiger partial charge < -0.3 is 5.32 Å². The molecule has 1 saturated heterocycles. The zero-order chi connectivity index (χ0) is 24.0. The highest BCUT2D eigenvalue weighted by molar-refractivity contribution is 7.92. The van der Waals surface area contributed by atoms with E-state index in [1.165, 1.54) is 49.9 Å². The van der Waals surface area contributed by atoms with E-state index in [9.17, 15) is 23.3 Å². The second-order valence-corrected chi connectivity index (χ2v) is 10.2. The lowest BCUT2D eigenvalue weighted by atomic mass is 10.1. The molecule has 1 aliphatic rings. The number of piperidine rings is 1. The van der Waals surface area contributed by atoms with Gasteiger partial charge in [0.2, 0.25) is 15.9 Å². The van der Waals surface area contributed by atoms with Gasteiger partial charge in [0, 0.05) is 25.2 Å². The smallest absolute Gasteiger partial charge is 0.271 e. The molecule has 1 aliphatic heterocycles. The number of anilines is 1. The zero-order valence-electron chi connectivity index (χ0n) is 18.9. The second kappa shape index (κ2) is 10.8. The zero-order valence-corrected chi connectivity index (χ0v) is 19.8. The van der Waals surface area contributed by atoms with Gasteiger partial charge in [0.25, 0.3) is 5.69 Å². The minimum Gasteiger partial charge on any atom is -0.350 e. The normalized spacial score (nSPS) is 15.6. The minimum absolute atomic E-state index is 0.0675. The van der Waals surface area contributed by atoms with Gasteiger partial charge in [0.15, 0.2) is 0 Å². The van der Waals surface area contributed by atoms with Gasteiger partial charge in [-0.1, -0.05) is 36.8 Å². The molecule has 0 radical (unpaired) electrons. The largest absolute Gasteiger partial charge is 0.350 e. The summed E-state index contributed by atoms with van der Waals surface area (Å²) in [6.07, 6.45) is 4.69. The first-order valence-electron chi connectivity index (χ1n) is 11.0. The molecule has 0 saturated carbocycles. The lowest BCUT2D eigenvalue weighted by Gasteiger charge is -2.28. The second-order valence-electron chi connectivity index (χ2n) is 8.39. The van der Waals surface area contributed by atoms with E-state index in [-0.39, 0.29) is 17.9 Å². The van der Waals surface area contributed by atoms with Gasteiger partial charge >= 0.3 is 0 Å². The van der Waals surface area contributed by atoms with Gasteiger partial charge in [0.05, 0.1) is 16.9 Å². The van der Waals surface area contributed by atoms with Crippen LogP contribution in [-0.4, -0.2) is 49.5 Å². The van der Waals surface area contributed by atoms with Gasteiger partial charge in [-0.15, -0.1) is 0 Å². The summed E-state index contributed by atoms with van der Waals surface area (Å²) in [6.45, 7) is 4.77. The van der Waals surface area contributed by atoms with E-state index in [4.69, 9.17) is 0 Å². The Kier molecular flexibility index (Phi) is 8.04. The molecular weight excluding hydrogens is 444 g/mol. The summed E-state index contributed by atoms with van der Waals surface area (Å²) in [5, 5.41) is 13.9. The average Bonchev–Trinajstić information content (AvgIpc) is 2.77. The summed E-state index contributed by atoms with van der Waals surface area (Å²) in [4.78, 5) is 25.8. The maximum atomic E-state index is 12.8. The van der Waals surface area contributed by atoms with Crippen LogP contribution in [0.4, 0.5) is 11.4 Å². The fraction of sp³-hybridized carbons (Fsp3) is 0.435. The molecule has 0 spiro atoms. The molecule has 1 amide bonds. The molecule has 1 N–H and O–H groups in total. The van der Waals surface area contributed by atoms with Crippen LogP contribution in [0.15, 0.2) is 48.5 Å².